The molecule has 1 aliphatic rings. The highest BCUT2D eigenvalue weighted by molar-refractivity contribution is 7.89. The Morgan fingerprint density at radius 1 is 0.875 bits per heavy atom. The van der Waals surface area contributed by atoms with Crippen molar-refractivity contribution in [2.75, 3.05) is 66.0 Å². The van der Waals surface area contributed by atoms with Crippen molar-refractivity contribution in [3.05, 3.63) is 77.6 Å². The molecule has 0 saturated carbocycles. The van der Waals surface area contributed by atoms with Crippen LogP contribution in [0.1, 0.15) is 15.9 Å². The molecule has 1 heterocycles. The van der Waals surface area contributed by atoms with Gasteiger partial charge in [-0.05, 0) is 54.4 Å². The molecule has 9 nitrogen and oxygen atoms in total. The van der Waals surface area contributed by atoms with E-state index in [0.717, 1.165) is 5.56 Å². The third-order valence-electron chi connectivity index (χ3n) is 7.03. The maximum Gasteiger partial charge on any atom is 0.256 e. The first-order chi connectivity index (χ1) is 19.2. The summed E-state index contributed by atoms with van der Waals surface area (Å²) in [7, 11) is 2.39. The lowest BCUT2D eigenvalue weighted by Crippen LogP contribution is -2.49. The third kappa shape index (κ3) is 6.15. The number of methoxy groups -OCH3 is 3. The molecule has 0 radical (unpaired) electrons. The second-order valence-electron chi connectivity index (χ2n) is 9.36. The zero-order valence-electron chi connectivity index (χ0n) is 23.1. The normalized spacial score (nSPS) is 13.8. The summed E-state index contributed by atoms with van der Waals surface area (Å²) in [6.07, 6.45) is 0.483. The Balaban J connectivity index is 1.46. The highest BCUT2D eigenvalue weighted by Gasteiger charge is 2.28. The molecular formula is C29H34FN3O6S. The van der Waals surface area contributed by atoms with Crippen LogP contribution >= 0.6 is 0 Å². The number of likely N-dealkylation sites (N-methyl/N-ethyl adjacent to an activating group) is 1. The average molecular weight is 572 g/mol. The highest BCUT2D eigenvalue weighted by atomic mass is 32.2. The van der Waals surface area contributed by atoms with E-state index in [4.69, 9.17) is 14.2 Å². The summed E-state index contributed by atoms with van der Waals surface area (Å²) >= 11 is 0. The standard InChI is InChI=1S/C29H34FN3O6S/c1-31(14-13-21-9-11-27(38-3)28(19-21)39-4)40(35,36)22-10-12-26(37-2)25(20-22)32-15-17-33(18-16-32)29(34)23-7-5-6-8-24(23)30/h5-12,19-20H,13-18H2,1-4H3. The molecule has 1 fully saturated rings. The summed E-state index contributed by atoms with van der Waals surface area (Å²) in [6, 6.07) is 16.2. The summed E-state index contributed by atoms with van der Waals surface area (Å²) in [5.41, 5.74) is 1.57. The van der Waals surface area contributed by atoms with E-state index in [9.17, 15) is 17.6 Å². The zero-order chi connectivity index (χ0) is 28.9. The Kier molecular flexibility index (Phi) is 9.16. The molecule has 1 amide bonds. The molecule has 1 saturated heterocycles. The van der Waals surface area contributed by atoms with E-state index in [-0.39, 0.29) is 22.9 Å². The van der Waals surface area contributed by atoms with E-state index in [1.165, 1.54) is 29.6 Å². The van der Waals surface area contributed by atoms with Crippen LogP contribution in [0.5, 0.6) is 17.2 Å². The number of rotatable bonds is 10. The summed E-state index contributed by atoms with van der Waals surface area (Å²) in [5, 5.41) is 0. The number of hydrogen-bond donors (Lipinski definition) is 0. The number of carbonyl (C=O) groups is 1. The van der Waals surface area contributed by atoms with Gasteiger partial charge in [0.05, 0.1) is 37.5 Å². The molecule has 4 rings (SSSR count). The fraction of sp³-hybridized carbons (Fsp3) is 0.345. The second kappa shape index (κ2) is 12.6. The Morgan fingerprint density at radius 3 is 2.17 bits per heavy atom. The number of hydrogen-bond acceptors (Lipinski definition) is 7. The van der Waals surface area contributed by atoms with Crippen LogP contribution in [-0.4, -0.2) is 84.6 Å². The molecule has 214 valence electrons. The van der Waals surface area contributed by atoms with Crippen molar-refractivity contribution in [1.82, 2.24) is 9.21 Å². The van der Waals surface area contributed by atoms with Crippen LogP contribution in [0.4, 0.5) is 10.1 Å². The smallest absolute Gasteiger partial charge is 0.256 e. The van der Waals surface area contributed by atoms with E-state index in [2.05, 4.69) is 0 Å². The molecule has 3 aromatic carbocycles. The Hall–Kier alpha value is -3.83. The summed E-state index contributed by atoms with van der Waals surface area (Å²) in [4.78, 5) is 16.5. The van der Waals surface area contributed by atoms with Gasteiger partial charge >= 0.3 is 0 Å². The summed E-state index contributed by atoms with van der Waals surface area (Å²) in [6.45, 7) is 1.86. The minimum absolute atomic E-state index is 0.0396. The van der Waals surface area contributed by atoms with Gasteiger partial charge in [0.1, 0.15) is 11.6 Å². The van der Waals surface area contributed by atoms with Crippen LogP contribution in [0.2, 0.25) is 0 Å². The molecule has 3 aromatic rings. The van der Waals surface area contributed by atoms with E-state index in [0.29, 0.717) is 55.5 Å². The molecule has 0 aromatic heterocycles. The maximum absolute atomic E-state index is 14.1. The predicted molar refractivity (Wildman–Crippen MR) is 151 cm³/mol. The monoisotopic (exact) mass is 571 g/mol. The lowest BCUT2D eigenvalue weighted by Gasteiger charge is -2.37. The summed E-state index contributed by atoms with van der Waals surface area (Å²) < 4.78 is 58.5. The van der Waals surface area contributed by atoms with Gasteiger partial charge in [-0.25, -0.2) is 17.1 Å². The van der Waals surface area contributed by atoms with Crippen LogP contribution in [0, 0.1) is 5.82 Å². The largest absolute Gasteiger partial charge is 0.495 e. The van der Waals surface area contributed by atoms with Crippen molar-refractivity contribution in [2.24, 2.45) is 0 Å². The van der Waals surface area contributed by atoms with Crippen molar-refractivity contribution in [3.63, 3.8) is 0 Å². The van der Waals surface area contributed by atoms with Crippen LogP contribution < -0.4 is 19.1 Å². The van der Waals surface area contributed by atoms with Gasteiger partial charge in [-0.1, -0.05) is 18.2 Å². The molecule has 1 aliphatic heterocycles. The minimum Gasteiger partial charge on any atom is -0.495 e. The van der Waals surface area contributed by atoms with Crippen molar-refractivity contribution in [3.8, 4) is 17.2 Å². The number of amides is 1. The van der Waals surface area contributed by atoms with E-state index >= 15 is 0 Å². The Labute approximate surface area is 234 Å². The Bertz CT molecular complexity index is 1460. The van der Waals surface area contributed by atoms with Gasteiger partial charge in [-0.15, -0.1) is 0 Å². The van der Waals surface area contributed by atoms with Gasteiger partial charge < -0.3 is 24.0 Å². The first-order valence-electron chi connectivity index (χ1n) is 12.8. The quantitative estimate of drug-likeness (QED) is 0.367. The van der Waals surface area contributed by atoms with Crippen LogP contribution in [0.15, 0.2) is 65.6 Å². The van der Waals surface area contributed by atoms with Crippen LogP contribution in [-0.2, 0) is 16.4 Å². The number of halogens is 1. The number of sulfonamides is 1. The number of carbonyl (C=O) groups excluding carboxylic acids is 1. The van der Waals surface area contributed by atoms with Crippen molar-refractivity contribution in [1.29, 1.82) is 0 Å². The zero-order valence-corrected chi connectivity index (χ0v) is 23.9. The van der Waals surface area contributed by atoms with Gasteiger partial charge in [0.15, 0.2) is 11.5 Å². The molecule has 0 spiro atoms. The first kappa shape index (κ1) is 29.2. The van der Waals surface area contributed by atoms with Crippen molar-refractivity contribution < 1.29 is 31.8 Å². The molecule has 0 bridgehead atoms. The van der Waals surface area contributed by atoms with Gasteiger partial charge in [-0.3, -0.25) is 4.79 Å². The number of nitrogens with zero attached hydrogens (tertiary/aromatic N) is 3. The second-order valence-corrected chi connectivity index (χ2v) is 11.4. The van der Waals surface area contributed by atoms with Crippen LogP contribution in [0.3, 0.4) is 0 Å². The van der Waals surface area contributed by atoms with Gasteiger partial charge in [0.25, 0.3) is 5.91 Å². The predicted octanol–water partition coefficient (Wildman–Crippen LogP) is 3.68. The lowest BCUT2D eigenvalue weighted by atomic mass is 10.1. The molecule has 0 N–H and O–H groups in total. The van der Waals surface area contributed by atoms with E-state index in [1.54, 1.807) is 56.5 Å². The fourth-order valence-electron chi connectivity index (χ4n) is 4.66. The lowest BCUT2D eigenvalue weighted by molar-refractivity contribution is 0.0742. The Morgan fingerprint density at radius 2 is 1.52 bits per heavy atom. The SMILES string of the molecule is COc1ccc(CCN(C)S(=O)(=O)c2ccc(OC)c(N3CCN(C(=O)c4ccccc4F)CC3)c2)cc1OC. The number of anilines is 1. The minimum atomic E-state index is -3.80. The number of ether oxygens (including phenoxy) is 3. The van der Waals surface area contributed by atoms with Crippen LogP contribution in [0.25, 0.3) is 0 Å². The summed E-state index contributed by atoms with van der Waals surface area (Å²) in [5.74, 6) is 0.805. The molecule has 0 atom stereocenters. The number of piperazine rings is 1. The highest BCUT2D eigenvalue weighted by Crippen LogP contribution is 2.33. The van der Waals surface area contributed by atoms with Gasteiger partial charge in [0.2, 0.25) is 10.0 Å². The molecular weight excluding hydrogens is 537 g/mol. The van der Waals surface area contributed by atoms with Crippen molar-refractivity contribution in [2.45, 2.75) is 11.3 Å². The molecule has 40 heavy (non-hydrogen) atoms. The third-order valence-corrected chi connectivity index (χ3v) is 8.89. The number of benzene rings is 3. The maximum atomic E-state index is 14.1. The fourth-order valence-corrected chi connectivity index (χ4v) is 5.85. The van der Waals surface area contributed by atoms with Gasteiger partial charge in [0, 0.05) is 39.8 Å². The first-order valence-corrected chi connectivity index (χ1v) is 14.3. The molecule has 11 heteroatoms. The molecule has 0 aliphatic carbocycles. The average Bonchev–Trinajstić information content (AvgIpc) is 2.99. The van der Waals surface area contributed by atoms with E-state index in [1.807, 2.05) is 17.0 Å². The van der Waals surface area contributed by atoms with Gasteiger partial charge in [-0.2, -0.15) is 0 Å². The van der Waals surface area contributed by atoms with Crippen molar-refractivity contribution >= 4 is 21.6 Å². The van der Waals surface area contributed by atoms with E-state index < -0.39 is 15.8 Å². The topological polar surface area (TPSA) is 88.6 Å². The molecule has 0 unspecified atom stereocenters.